The number of rotatable bonds is 4. The Morgan fingerprint density at radius 3 is 3.06 bits per heavy atom. The van der Waals surface area contributed by atoms with Crippen LogP contribution in [0.5, 0.6) is 5.75 Å². The van der Waals surface area contributed by atoms with Crippen LogP contribution in [0.3, 0.4) is 0 Å². The summed E-state index contributed by atoms with van der Waals surface area (Å²) in [5.74, 6) is 1.14. The molecule has 1 aliphatic rings. The van der Waals surface area contributed by atoms with E-state index in [-0.39, 0.29) is 0 Å². The molecule has 6 heteroatoms. The zero-order chi connectivity index (χ0) is 12.3. The van der Waals surface area contributed by atoms with Crippen molar-refractivity contribution in [2.45, 2.75) is 25.4 Å². The number of aromatic nitrogens is 1. The van der Waals surface area contributed by atoms with E-state index in [0.717, 1.165) is 24.6 Å². The van der Waals surface area contributed by atoms with Crippen LogP contribution in [-0.4, -0.2) is 37.8 Å². The maximum Gasteiger partial charge on any atom is 0.197 e. The largest absolute Gasteiger partial charge is 0.490 e. The summed E-state index contributed by atoms with van der Waals surface area (Å²) < 4.78 is 15.1. The SMILES string of the molecule is COc1c(N)nsc1N(C)CC1CCCCO1. The van der Waals surface area contributed by atoms with E-state index in [4.69, 9.17) is 15.2 Å². The Kier molecular flexibility index (Phi) is 4.06. The van der Waals surface area contributed by atoms with Gasteiger partial charge in [0.25, 0.3) is 0 Å². The van der Waals surface area contributed by atoms with Crippen molar-refractivity contribution >= 4 is 22.4 Å². The number of nitrogens with two attached hydrogens (primary N) is 1. The van der Waals surface area contributed by atoms with Crippen molar-refractivity contribution in [1.82, 2.24) is 4.37 Å². The Labute approximate surface area is 106 Å². The van der Waals surface area contributed by atoms with E-state index in [2.05, 4.69) is 9.27 Å². The first-order chi connectivity index (χ1) is 8.22. The van der Waals surface area contributed by atoms with Gasteiger partial charge in [-0.3, -0.25) is 0 Å². The van der Waals surface area contributed by atoms with Crippen molar-refractivity contribution in [3.05, 3.63) is 0 Å². The second kappa shape index (κ2) is 5.55. The van der Waals surface area contributed by atoms with Crippen molar-refractivity contribution in [3.63, 3.8) is 0 Å². The Balaban J connectivity index is 2.00. The fourth-order valence-corrected chi connectivity index (χ4v) is 2.81. The average Bonchev–Trinajstić information content (AvgIpc) is 2.71. The van der Waals surface area contributed by atoms with Crippen molar-refractivity contribution in [2.75, 3.05) is 37.9 Å². The van der Waals surface area contributed by atoms with E-state index in [1.165, 1.54) is 24.4 Å². The second-order valence-electron chi connectivity index (χ2n) is 4.28. The van der Waals surface area contributed by atoms with Gasteiger partial charge in [0.15, 0.2) is 16.6 Å². The standard InChI is InChI=1S/C11H19N3O2S/c1-14(7-8-5-3-4-6-16-8)11-9(15-2)10(12)13-17-11/h8H,3-7H2,1-2H3,(H2,12,13). The molecule has 2 rings (SSSR count). The topological polar surface area (TPSA) is 60.6 Å². The summed E-state index contributed by atoms with van der Waals surface area (Å²) in [6, 6.07) is 0. The Morgan fingerprint density at radius 1 is 1.59 bits per heavy atom. The number of methoxy groups -OCH3 is 1. The number of ether oxygens (including phenoxy) is 2. The van der Waals surface area contributed by atoms with E-state index in [9.17, 15) is 0 Å². The van der Waals surface area contributed by atoms with E-state index < -0.39 is 0 Å². The fraction of sp³-hybridized carbons (Fsp3) is 0.727. The third-order valence-electron chi connectivity index (χ3n) is 2.96. The smallest absolute Gasteiger partial charge is 0.197 e. The molecule has 1 saturated heterocycles. The van der Waals surface area contributed by atoms with Crippen molar-refractivity contribution < 1.29 is 9.47 Å². The van der Waals surface area contributed by atoms with Gasteiger partial charge in [0.2, 0.25) is 0 Å². The lowest BCUT2D eigenvalue weighted by molar-refractivity contribution is 0.0216. The molecule has 5 nitrogen and oxygen atoms in total. The molecular formula is C11H19N3O2S. The minimum atomic E-state index is 0.307. The van der Waals surface area contributed by atoms with Crippen molar-refractivity contribution in [2.24, 2.45) is 0 Å². The van der Waals surface area contributed by atoms with Gasteiger partial charge in [-0.15, -0.1) is 0 Å². The van der Waals surface area contributed by atoms with E-state index in [1.807, 2.05) is 7.05 Å². The number of anilines is 2. The molecule has 0 radical (unpaired) electrons. The van der Waals surface area contributed by atoms with Gasteiger partial charge in [0.05, 0.1) is 13.2 Å². The Hall–Kier alpha value is -1.01. The molecule has 0 saturated carbocycles. The summed E-state index contributed by atoms with van der Waals surface area (Å²) >= 11 is 1.37. The minimum absolute atomic E-state index is 0.307. The second-order valence-corrected chi connectivity index (χ2v) is 5.03. The van der Waals surface area contributed by atoms with Gasteiger partial charge in [-0.2, -0.15) is 4.37 Å². The molecule has 17 heavy (non-hydrogen) atoms. The first-order valence-electron chi connectivity index (χ1n) is 5.84. The highest BCUT2D eigenvalue weighted by Crippen LogP contribution is 2.37. The average molecular weight is 257 g/mol. The Bertz CT molecular complexity index is 364. The monoisotopic (exact) mass is 257 g/mol. The number of hydrogen-bond acceptors (Lipinski definition) is 6. The fourth-order valence-electron chi connectivity index (χ4n) is 2.06. The van der Waals surface area contributed by atoms with Crippen LogP contribution in [0.15, 0.2) is 0 Å². The van der Waals surface area contributed by atoms with Gasteiger partial charge in [0.1, 0.15) is 0 Å². The summed E-state index contributed by atoms with van der Waals surface area (Å²) in [4.78, 5) is 2.11. The van der Waals surface area contributed by atoms with Crippen LogP contribution in [0.4, 0.5) is 10.8 Å². The van der Waals surface area contributed by atoms with Crippen molar-refractivity contribution in [3.8, 4) is 5.75 Å². The molecule has 0 aromatic carbocycles. The molecule has 1 fully saturated rings. The molecule has 1 aromatic heterocycles. The van der Waals surface area contributed by atoms with Crippen LogP contribution in [0, 0.1) is 0 Å². The number of likely N-dealkylation sites (N-methyl/N-ethyl adjacent to an activating group) is 1. The van der Waals surface area contributed by atoms with E-state index in [1.54, 1.807) is 7.11 Å². The van der Waals surface area contributed by atoms with Gasteiger partial charge in [-0.05, 0) is 30.8 Å². The van der Waals surface area contributed by atoms with E-state index >= 15 is 0 Å². The molecule has 0 aliphatic carbocycles. The normalized spacial score (nSPS) is 20.2. The maximum absolute atomic E-state index is 5.74. The van der Waals surface area contributed by atoms with Crippen molar-refractivity contribution in [1.29, 1.82) is 0 Å². The molecule has 96 valence electrons. The quantitative estimate of drug-likeness (QED) is 0.890. The molecule has 1 aliphatic heterocycles. The predicted molar refractivity (Wildman–Crippen MR) is 69.9 cm³/mol. The number of nitrogen functional groups attached to an aromatic ring is 1. The summed E-state index contributed by atoms with van der Waals surface area (Å²) in [6.45, 7) is 1.73. The summed E-state index contributed by atoms with van der Waals surface area (Å²) in [7, 11) is 3.64. The highest BCUT2D eigenvalue weighted by atomic mass is 32.1. The molecule has 1 unspecified atom stereocenters. The molecule has 0 bridgehead atoms. The predicted octanol–water partition coefficient (Wildman–Crippen LogP) is 1.74. The first-order valence-corrected chi connectivity index (χ1v) is 6.61. The molecular weight excluding hydrogens is 238 g/mol. The highest BCUT2D eigenvalue weighted by Gasteiger charge is 2.20. The van der Waals surface area contributed by atoms with Gasteiger partial charge in [-0.25, -0.2) is 0 Å². The van der Waals surface area contributed by atoms with Crippen LogP contribution in [-0.2, 0) is 4.74 Å². The molecule has 1 aromatic rings. The Morgan fingerprint density at radius 2 is 2.41 bits per heavy atom. The van der Waals surface area contributed by atoms with Gasteiger partial charge in [0, 0.05) is 20.2 Å². The maximum atomic E-state index is 5.74. The third-order valence-corrected chi connectivity index (χ3v) is 3.92. The summed E-state index contributed by atoms with van der Waals surface area (Å²) in [6.07, 6.45) is 3.86. The summed E-state index contributed by atoms with van der Waals surface area (Å²) in [5, 5.41) is 0.971. The van der Waals surface area contributed by atoms with Crippen LogP contribution in [0.25, 0.3) is 0 Å². The lowest BCUT2D eigenvalue weighted by atomic mass is 10.1. The highest BCUT2D eigenvalue weighted by molar-refractivity contribution is 7.11. The van der Waals surface area contributed by atoms with Crippen LogP contribution < -0.4 is 15.4 Å². The van der Waals surface area contributed by atoms with Gasteiger partial charge in [-0.1, -0.05) is 0 Å². The van der Waals surface area contributed by atoms with Gasteiger partial charge >= 0.3 is 0 Å². The van der Waals surface area contributed by atoms with Crippen LogP contribution in [0.2, 0.25) is 0 Å². The minimum Gasteiger partial charge on any atom is -0.490 e. The first kappa shape index (κ1) is 12.4. The number of hydrogen-bond donors (Lipinski definition) is 1. The zero-order valence-electron chi connectivity index (χ0n) is 10.3. The molecule has 0 amide bonds. The molecule has 2 heterocycles. The zero-order valence-corrected chi connectivity index (χ0v) is 11.1. The summed E-state index contributed by atoms with van der Waals surface area (Å²) in [5.41, 5.74) is 5.74. The molecule has 2 N–H and O–H groups in total. The molecule has 1 atom stereocenters. The van der Waals surface area contributed by atoms with Crippen LogP contribution in [0.1, 0.15) is 19.3 Å². The lowest BCUT2D eigenvalue weighted by Gasteiger charge is -2.27. The van der Waals surface area contributed by atoms with Crippen LogP contribution >= 0.6 is 11.5 Å². The van der Waals surface area contributed by atoms with Gasteiger partial charge < -0.3 is 20.1 Å². The number of nitrogens with zero attached hydrogens (tertiary/aromatic N) is 2. The lowest BCUT2D eigenvalue weighted by Crippen LogP contribution is -2.33. The third kappa shape index (κ3) is 2.81. The molecule has 0 spiro atoms. The van der Waals surface area contributed by atoms with E-state index in [0.29, 0.717) is 17.7 Å².